The minimum atomic E-state index is -0.381. The van der Waals surface area contributed by atoms with E-state index < -0.39 is 0 Å². The second-order valence-corrected chi connectivity index (χ2v) is 9.29. The quantitative estimate of drug-likeness (QED) is 0.583. The lowest BCUT2D eigenvalue weighted by atomic mass is 9.86. The molecule has 0 bridgehead atoms. The molecule has 5 rings (SSSR count). The SMILES string of the molecule is Cc1n[nH]c2ccc(C(=O)N3CCN4CC(c5ccc(F)c(Cl)c5)CCC4C3)c(Cl)c12. The molecule has 2 saturated heterocycles. The summed E-state index contributed by atoms with van der Waals surface area (Å²) in [5.41, 5.74) is 3.24. The smallest absolute Gasteiger partial charge is 0.255 e. The number of aryl methyl sites for hydroxylation is 1. The van der Waals surface area contributed by atoms with Crippen molar-refractivity contribution in [3.8, 4) is 0 Å². The topological polar surface area (TPSA) is 52.2 Å². The number of hydrogen-bond acceptors (Lipinski definition) is 3. The maximum absolute atomic E-state index is 13.5. The molecule has 0 aliphatic carbocycles. The van der Waals surface area contributed by atoms with Crippen LogP contribution in [0.1, 0.15) is 40.4 Å². The summed E-state index contributed by atoms with van der Waals surface area (Å²) in [5, 5.41) is 8.59. The highest BCUT2D eigenvalue weighted by Crippen LogP contribution is 2.34. The van der Waals surface area contributed by atoms with Crippen LogP contribution in [0, 0.1) is 12.7 Å². The standard InChI is InChI=1S/C23H23Cl2FN4O/c1-13-21-20(28-27-13)7-5-17(22(21)25)23(31)30-9-8-29-11-15(2-4-16(29)12-30)14-3-6-19(26)18(24)10-14/h3,5-7,10,15-16H,2,4,8-9,11-12H2,1H3,(H,27,28). The van der Waals surface area contributed by atoms with Crippen LogP contribution in [0.15, 0.2) is 30.3 Å². The number of amides is 1. The molecule has 2 fully saturated rings. The van der Waals surface area contributed by atoms with E-state index in [0.29, 0.717) is 35.6 Å². The lowest BCUT2D eigenvalue weighted by molar-refractivity contribution is 0.0329. The number of carbonyl (C=O) groups excluding carboxylic acids is 1. The third-order valence-electron chi connectivity index (χ3n) is 6.69. The van der Waals surface area contributed by atoms with E-state index >= 15 is 0 Å². The number of nitrogens with one attached hydrogen (secondary N) is 1. The van der Waals surface area contributed by atoms with E-state index in [-0.39, 0.29) is 16.7 Å². The van der Waals surface area contributed by atoms with E-state index in [0.717, 1.165) is 48.1 Å². The summed E-state index contributed by atoms with van der Waals surface area (Å²) < 4.78 is 13.5. The number of halogens is 3. The number of nitrogens with zero attached hydrogens (tertiary/aromatic N) is 3. The number of carbonyl (C=O) groups is 1. The molecule has 3 aromatic rings. The Morgan fingerprint density at radius 2 is 2.00 bits per heavy atom. The summed E-state index contributed by atoms with van der Waals surface area (Å²) in [6.07, 6.45) is 1.98. The predicted octanol–water partition coefficient (Wildman–Crippen LogP) is 5.02. The van der Waals surface area contributed by atoms with Crippen LogP contribution in [0.25, 0.3) is 10.9 Å². The Hall–Kier alpha value is -2.15. The molecule has 8 heteroatoms. The molecule has 2 aromatic carbocycles. The second kappa shape index (κ2) is 8.08. The largest absolute Gasteiger partial charge is 0.336 e. The first kappa shape index (κ1) is 20.7. The lowest BCUT2D eigenvalue weighted by Gasteiger charge is -2.46. The monoisotopic (exact) mass is 460 g/mol. The molecular weight excluding hydrogens is 438 g/mol. The van der Waals surface area contributed by atoms with Crippen molar-refractivity contribution in [1.82, 2.24) is 20.0 Å². The molecule has 1 N–H and O–H groups in total. The summed E-state index contributed by atoms with van der Waals surface area (Å²) in [4.78, 5) is 17.6. The maximum atomic E-state index is 13.5. The van der Waals surface area contributed by atoms with Gasteiger partial charge in [0.2, 0.25) is 0 Å². The first-order chi connectivity index (χ1) is 14.9. The Balaban J connectivity index is 1.30. The van der Waals surface area contributed by atoms with Crippen LogP contribution in [0.4, 0.5) is 4.39 Å². The molecule has 3 heterocycles. The van der Waals surface area contributed by atoms with Gasteiger partial charge in [0.05, 0.1) is 26.8 Å². The number of aromatic amines is 1. The number of fused-ring (bicyclic) bond motifs is 2. The van der Waals surface area contributed by atoms with Crippen LogP contribution in [0.3, 0.4) is 0 Å². The van der Waals surface area contributed by atoms with Crippen molar-refractivity contribution in [2.75, 3.05) is 26.2 Å². The predicted molar refractivity (Wildman–Crippen MR) is 120 cm³/mol. The molecule has 162 valence electrons. The van der Waals surface area contributed by atoms with Gasteiger partial charge in [-0.25, -0.2) is 4.39 Å². The van der Waals surface area contributed by atoms with Crippen molar-refractivity contribution >= 4 is 40.0 Å². The van der Waals surface area contributed by atoms with E-state index in [2.05, 4.69) is 15.1 Å². The lowest BCUT2D eigenvalue weighted by Crippen LogP contribution is -2.57. The van der Waals surface area contributed by atoms with Gasteiger partial charge < -0.3 is 4.90 Å². The normalized spacial score (nSPS) is 22.0. The number of piperazine rings is 1. The molecule has 2 unspecified atom stereocenters. The highest BCUT2D eigenvalue weighted by Gasteiger charge is 2.35. The first-order valence-electron chi connectivity index (χ1n) is 10.5. The first-order valence-corrected chi connectivity index (χ1v) is 11.3. The van der Waals surface area contributed by atoms with Gasteiger partial charge in [-0.15, -0.1) is 0 Å². The molecule has 1 aromatic heterocycles. The second-order valence-electron chi connectivity index (χ2n) is 8.51. The van der Waals surface area contributed by atoms with Gasteiger partial charge in [-0.3, -0.25) is 14.8 Å². The van der Waals surface area contributed by atoms with Crippen LogP contribution in [0.5, 0.6) is 0 Å². The summed E-state index contributed by atoms with van der Waals surface area (Å²) in [5.74, 6) is -0.0780. The number of benzene rings is 2. The average molecular weight is 461 g/mol. The zero-order chi connectivity index (χ0) is 21.7. The van der Waals surface area contributed by atoms with Crippen molar-refractivity contribution in [2.24, 2.45) is 0 Å². The van der Waals surface area contributed by atoms with E-state index in [1.807, 2.05) is 24.0 Å². The average Bonchev–Trinajstić information content (AvgIpc) is 3.16. The maximum Gasteiger partial charge on any atom is 0.255 e. The molecular formula is C23H23Cl2FN4O. The van der Waals surface area contributed by atoms with Gasteiger partial charge in [0.25, 0.3) is 5.91 Å². The molecule has 1 amide bonds. The summed E-state index contributed by atoms with van der Waals surface area (Å²) in [6, 6.07) is 9.00. The van der Waals surface area contributed by atoms with E-state index in [9.17, 15) is 9.18 Å². The third kappa shape index (κ3) is 3.71. The van der Waals surface area contributed by atoms with Crippen LogP contribution < -0.4 is 0 Å². The molecule has 2 aliphatic heterocycles. The van der Waals surface area contributed by atoms with E-state index in [4.69, 9.17) is 23.2 Å². The number of aromatic nitrogens is 2. The zero-order valence-electron chi connectivity index (χ0n) is 17.2. The highest BCUT2D eigenvalue weighted by atomic mass is 35.5. The van der Waals surface area contributed by atoms with Gasteiger partial charge in [0.1, 0.15) is 5.82 Å². The highest BCUT2D eigenvalue weighted by molar-refractivity contribution is 6.38. The van der Waals surface area contributed by atoms with Crippen LogP contribution >= 0.6 is 23.2 Å². The van der Waals surface area contributed by atoms with Crippen molar-refractivity contribution in [3.05, 3.63) is 63.0 Å². The van der Waals surface area contributed by atoms with Gasteiger partial charge >= 0.3 is 0 Å². The number of rotatable bonds is 2. The Bertz CT molecular complexity index is 1160. The molecule has 31 heavy (non-hydrogen) atoms. The Labute approximate surface area is 190 Å². The fraction of sp³-hybridized carbons (Fsp3) is 0.391. The fourth-order valence-corrected chi connectivity index (χ4v) is 5.53. The van der Waals surface area contributed by atoms with Gasteiger partial charge in [0, 0.05) is 37.6 Å². The van der Waals surface area contributed by atoms with Gasteiger partial charge in [-0.1, -0.05) is 29.3 Å². The molecule has 5 nitrogen and oxygen atoms in total. The Kier molecular flexibility index (Phi) is 5.40. The number of H-pyrrole nitrogens is 1. The van der Waals surface area contributed by atoms with Crippen LogP contribution in [-0.4, -0.2) is 58.1 Å². The molecule has 2 atom stereocenters. The zero-order valence-corrected chi connectivity index (χ0v) is 18.7. The van der Waals surface area contributed by atoms with Crippen molar-refractivity contribution in [1.29, 1.82) is 0 Å². The third-order valence-corrected chi connectivity index (χ3v) is 7.37. The van der Waals surface area contributed by atoms with Crippen molar-refractivity contribution < 1.29 is 9.18 Å². The molecule has 0 radical (unpaired) electrons. The fourth-order valence-electron chi connectivity index (χ4n) is 4.96. The van der Waals surface area contributed by atoms with Crippen LogP contribution in [0.2, 0.25) is 10.0 Å². The summed E-state index contributed by atoms with van der Waals surface area (Å²) >= 11 is 12.6. The minimum Gasteiger partial charge on any atom is -0.336 e. The number of piperidine rings is 1. The summed E-state index contributed by atoms with van der Waals surface area (Å²) in [6.45, 7) is 4.94. The van der Waals surface area contributed by atoms with Gasteiger partial charge in [-0.2, -0.15) is 5.10 Å². The Morgan fingerprint density at radius 1 is 1.16 bits per heavy atom. The minimum absolute atomic E-state index is 0.0282. The van der Waals surface area contributed by atoms with E-state index in [1.165, 1.54) is 6.07 Å². The summed E-state index contributed by atoms with van der Waals surface area (Å²) in [7, 11) is 0. The van der Waals surface area contributed by atoms with Gasteiger partial charge in [-0.05, 0) is 55.5 Å². The molecule has 0 spiro atoms. The van der Waals surface area contributed by atoms with Gasteiger partial charge in [0.15, 0.2) is 0 Å². The van der Waals surface area contributed by atoms with Crippen molar-refractivity contribution in [2.45, 2.75) is 31.7 Å². The number of hydrogen-bond donors (Lipinski definition) is 1. The molecule has 2 aliphatic rings. The molecule has 0 saturated carbocycles. The van der Waals surface area contributed by atoms with Crippen LogP contribution in [-0.2, 0) is 0 Å². The van der Waals surface area contributed by atoms with E-state index in [1.54, 1.807) is 12.1 Å². The Morgan fingerprint density at radius 3 is 2.81 bits per heavy atom. The van der Waals surface area contributed by atoms with Crippen molar-refractivity contribution in [3.63, 3.8) is 0 Å².